The molecule has 0 aliphatic heterocycles. The lowest BCUT2D eigenvalue weighted by Crippen LogP contribution is -2.42. The molecule has 0 aromatic carbocycles. The van der Waals surface area contributed by atoms with Crippen molar-refractivity contribution < 1.29 is 19.1 Å². The summed E-state index contributed by atoms with van der Waals surface area (Å²) in [6.45, 7) is 1.81. The van der Waals surface area contributed by atoms with E-state index in [2.05, 4.69) is 5.32 Å². The molecule has 0 bridgehead atoms. The SMILES string of the molecule is Cc1ccc(C=CC(=O)NC2(C(=O)O)CC2)o1. The van der Waals surface area contributed by atoms with Crippen molar-refractivity contribution in [2.45, 2.75) is 25.3 Å². The lowest BCUT2D eigenvalue weighted by atomic mass is 10.2. The third kappa shape index (κ3) is 2.55. The van der Waals surface area contributed by atoms with Crippen LogP contribution in [0.2, 0.25) is 0 Å². The maximum atomic E-state index is 11.5. The van der Waals surface area contributed by atoms with E-state index in [1.54, 1.807) is 19.1 Å². The number of furan rings is 1. The average molecular weight is 235 g/mol. The van der Waals surface area contributed by atoms with Crippen LogP contribution in [0.25, 0.3) is 6.08 Å². The Morgan fingerprint density at radius 2 is 2.18 bits per heavy atom. The van der Waals surface area contributed by atoms with Crippen LogP contribution in [0.15, 0.2) is 22.6 Å². The molecule has 1 fully saturated rings. The van der Waals surface area contributed by atoms with E-state index < -0.39 is 17.4 Å². The number of nitrogens with one attached hydrogen (secondary N) is 1. The third-order valence-corrected chi connectivity index (χ3v) is 2.68. The molecule has 1 amide bonds. The van der Waals surface area contributed by atoms with E-state index in [1.807, 2.05) is 0 Å². The van der Waals surface area contributed by atoms with E-state index in [1.165, 1.54) is 12.2 Å². The molecule has 1 aromatic rings. The largest absolute Gasteiger partial charge is 0.480 e. The number of carboxylic acid groups (broad SMARTS) is 1. The molecule has 0 spiro atoms. The van der Waals surface area contributed by atoms with E-state index in [9.17, 15) is 9.59 Å². The highest BCUT2D eigenvalue weighted by molar-refractivity contribution is 5.96. The molecule has 90 valence electrons. The molecule has 2 N–H and O–H groups in total. The summed E-state index contributed by atoms with van der Waals surface area (Å²) < 4.78 is 5.24. The molecule has 0 saturated heterocycles. The van der Waals surface area contributed by atoms with Crippen LogP contribution < -0.4 is 5.32 Å². The molecule has 1 saturated carbocycles. The minimum atomic E-state index is -1.04. The first-order valence-electron chi connectivity index (χ1n) is 5.32. The second-order valence-corrected chi connectivity index (χ2v) is 4.16. The Labute approximate surface area is 98.1 Å². The fourth-order valence-corrected chi connectivity index (χ4v) is 1.50. The van der Waals surface area contributed by atoms with Crippen molar-refractivity contribution in [2.75, 3.05) is 0 Å². The van der Waals surface area contributed by atoms with Gasteiger partial charge in [0, 0.05) is 6.08 Å². The van der Waals surface area contributed by atoms with Crippen LogP contribution in [-0.4, -0.2) is 22.5 Å². The second kappa shape index (κ2) is 4.08. The zero-order valence-corrected chi connectivity index (χ0v) is 9.40. The predicted octanol–water partition coefficient (Wildman–Crippen LogP) is 1.33. The van der Waals surface area contributed by atoms with Crippen molar-refractivity contribution in [1.82, 2.24) is 5.32 Å². The van der Waals surface area contributed by atoms with Crippen molar-refractivity contribution in [3.63, 3.8) is 0 Å². The molecule has 5 nitrogen and oxygen atoms in total. The van der Waals surface area contributed by atoms with Crippen LogP contribution in [0.4, 0.5) is 0 Å². The Morgan fingerprint density at radius 3 is 2.65 bits per heavy atom. The number of aliphatic carboxylic acids is 1. The van der Waals surface area contributed by atoms with Gasteiger partial charge in [-0.15, -0.1) is 0 Å². The highest BCUT2D eigenvalue weighted by Gasteiger charge is 2.51. The Hall–Kier alpha value is -2.04. The summed E-state index contributed by atoms with van der Waals surface area (Å²) in [5.74, 6) is -0.0703. The summed E-state index contributed by atoms with van der Waals surface area (Å²) in [5, 5.41) is 11.4. The van der Waals surface area contributed by atoms with Gasteiger partial charge in [0.25, 0.3) is 0 Å². The molecule has 17 heavy (non-hydrogen) atoms. The van der Waals surface area contributed by atoms with Crippen LogP contribution in [0.3, 0.4) is 0 Å². The minimum Gasteiger partial charge on any atom is -0.480 e. The molecular weight excluding hydrogens is 222 g/mol. The fourth-order valence-electron chi connectivity index (χ4n) is 1.50. The monoisotopic (exact) mass is 235 g/mol. The van der Waals surface area contributed by atoms with Gasteiger partial charge in [0.2, 0.25) is 5.91 Å². The van der Waals surface area contributed by atoms with Gasteiger partial charge in [-0.1, -0.05) is 0 Å². The molecule has 0 atom stereocenters. The van der Waals surface area contributed by atoms with Crippen molar-refractivity contribution in [1.29, 1.82) is 0 Å². The number of carbonyl (C=O) groups excluding carboxylic acids is 1. The van der Waals surface area contributed by atoms with Crippen molar-refractivity contribution in [3.05, 3.63) is 29.7 Å². The Kier molecular flexibility index (Phi) is 2.75. The Morgan fingerprint density at radius 1 is 1.47 bits per heavy atom. The predicted molar refractivity (Wildman–Crippen MR) is 60.2 cm³/mol. The molecule has 2 rings (SSSR count). The van der Waals surface area contributed by atoms with Crippen LogP contribution in [0.5, 0.6) is 0 Å². The van der Waals surface area contributed by atoms with E-state index in [0.717, 1.165) is 5.76 Å². The summed E-state index contributed by atoms with van der Waals surface area (Å²) in [6, 6.07) is 3.53. The van der Waals surface area contributed by atoms with Crippen LogP contribution in [-0.2, 0) is 9.59 Å². The highest BCUT2D eigenvalue weighted by atomic mass is 16.4. The van der Waals surface area contributed by atoms with Crippen molar-refractivity contribution in [2.24, 2.45) is 0 Å². The van der Waals surface area contributed by atoms with Crippen LogP contribution in [0, 0.1) is 6.92 Å². The van der Waals surface area contributed by atoms with Gasteiger partial charge in [-0.25, -0.2) is 4.79 Å². The molecule has 1 aliphatic rings. The summed E-state index contributed by atoms with van der Waals surface area (Å²) in [6.07, 6.45) is 3.77. The summed E-state index contributed by atoms with van der Waals surface area (Å²) in [5.41, 5.74) is -1.04. The number of hydrogen-bond acceptors (Lipinski definition) is 3. The molecule has 0 radical (unpaired) electrons. The summed E-state index contributed by atoms with van der Waals surface area (Å²) in [7, 11) is 0. The molecule has 1 heterocycles. The van der Waals surface area contributed by atoms with Crippen LogP contribution >= 0.6 is 0 Å². The van der Waals surface area contributed by atoms with E-state index in [4.69, 9.17) is 9.52 Å². The zero-order valence-electron chi connectivity index (χ0n) is 9.40. The van der Waals surface area contributed by atoms with Gasteiger partial charge in [-0.2, -0.15) is 0 Å². The van der Waals surface area contributed by atoms with Gasteiger partial charge in [0.05, 0.1) is 0 Å². The standard InChI is InChI=1S/C12H13NO4/c1-8-2-3-9(17-8)4-5-10(14)13-12(6-7-12)11(15)16/h2-5H,6-7H2,1H3,(H,13,14)(H,15,16). The lowest BCUT2D eigenvalue weighted by molar-refractivity contribution is -0.142. The van der Waals surface area contributed by atoms with Gasteiger partial charge < -0.3 is 14.8 Å². The number of amides is 1. The number of hydrogen-bond donors (Lipinski definition) is 2. The first-order valence-corrected chi connectivity index (χ1v) is 5.32. The topological polar surface area (TPSA) is 79.5 Å². The van der Waals surface area contributed by atoms with E-state index in [0.29, 0.717) is 18.6 Å². The third-order valence-electron chi connectivity index (χ3n) is 2.68. The van der Waals surface area contributed by atoms with E-state index >= 15 is 0 Å². The van der Waals surface area contributed by atoms with Crippen LogP contribution in [0.1, 0.15) is 24.4 Å². The molecule has 1 aromatic heterocycles. The molecule has 5 heteroatoms. The lowest BCUT2D eigenvalue weighted by Gasteiger charge is -2.09. The Bertz CT molecular complexity index is 482. The molecular formula is C12H13NO4. The van der Waals surface area contributed by atoms with Gasteiger partial charge in [-0.05, 0) is 38.0 Å². The van der Waals surface area contributed by atoms with Gasteiger partial charge in [0.15, 0.2) is 0 Å². The van der Waals surface area contributed by atoms with Crippen molar-refractivity contribution in [3.8, 4) is 0 Å². The average Bonchev–Trinajstić information content (AvgIpc) is 2.92. The van der Waals surface area contributed by atoms with Gasteiger partial charge >= 0.3 is 5.97 Å². The number of carboxylic acids is 1. The highest BCUT2D eigenvalue weighted by Crippen LogP contribution is 2.35. The number of carbonyl (C=O) groups is 2. The maximum Gasteiger partial charge on any atom is 0.329 e. The van der Waals surface area contributed by atoms with Gasteiger partial charge in [-0.3, -0.25) is 4.79 Å². The normalized spacial score (nSPS) is 17.0. The molecule has 0 unspecified atom stereocenters. The first-order chi connectivity index (χ1) is 8.02. The second-order valence-electron chi connectivity index (χ2n) is 4.16. The fraction of sp³-hybridized carbons (Fsp3) is 0.333. The quantitative estimate of drug-likeness (QED) is 0.772. The number of rotatable bonds is 4. The minimum absolute atomic E-state index is 0.418. The Balaban J connectivity index is 1.94. The summed E-state index contributed by atoms with van der Waals surface area (Å²) >= 11 is 0. The van der Waals surface area contributed by atoms with E-state index in [-0.39, 0.29) is 0 Å². The summed E-state index contributed by atoms with van der Waals surface area (Å²) in [4.78, 5) is 22.3. The first kappa shape index (κ1) is 11.4. The number of aryl methyl sites for hydroxylation is 1. The maximum absolute atomic E-state index is 11.5. The van der Waals surface area contributed by atoms with Crippen molar-refractivity contribution >= 4 is 18.0 Å². The van der Waals surface area contributed by atoms with Gasteiger partial charge in [0.1, 0.15) is 17.1 Å². The zero-order chi connectivity index (χ0) is 12.5. The molecule has 1 aliphatic carbocycles. The smallest absolute Gasteiger partial charge is 0.329 e.